The summed E-state index contributed by atoms with van der Waals surface area (Å²) in [5, 5.41) is 6.22. The highest BCUT2D eigenvalue weighted by Crippen LogP contribution is 2.40. The van der Waals surface area contributed by atoms with E-state index < -0.39 is 5.54 Å². The summed E-state index contributed by atoms with van der Waals surface area (Å²) in [7, 11) is 0. The molecule has 0 unspecified atom stereocenters. The molecule has 2 aliphatic rings. The van der Waals surface area contributed by atoms with E-state index in [0.29, 0.717) is 29.4 Å². The number of hydrogen-bond acceptors (Lipinski definition) is 3. The maximum absolute atomic E-state index is 13.9. The molecule has 0 aliphatic heterocycles. The second kappa shape index (κ2) is 12.7. The first-order chi connectivity index (χ1) is 18.4. The van der Waals surface area contributed by atoms with E-state index in [-0.39, 0.29) is 40.4 Å². The molecule has 0 heterocycles. The normalized spacial score (nSPS) is 21.0. The molecular weight excluding hydrogens is 498 g/mol. The van der Waals surface area contributed by atoms with Crippen molar-refractivity contribution in [2.75, 3.05) is 15.5 Å². The standard InChI is InChI=1S/C34H55N3O3/c1-32(2,3)22-29(38)35-26-19-27(36-30(39)23-15-17-25(18-16-23)33(4,5)6)21-28(20-26)37(34(7,8)9)31(40)24-13-11-10-12-14-24/h19-21,23-25H,10-18,22H2,1-9H3,(H,35,38)(H,36,39). The Morgan fingerprint density at radius 1 is 0.725 bits per heavy atom. The van der Waals surface area contributed by atoms with E-state index in [1.807, 2.05) is 64.6 Å². The van der Waals surface area contributed by atoms with E-state index in [4.69, 9.17) is 0 Å². The topological polar surface area (TPSA) is 78.5 Å². The Kier molecular flexibility index (Phi) is 10.2. The summed E-state index contributed by atoms with van der Waals surface area (Å²) in [5.74, 6) is 0.687. The van der Waals surface area contributed by atoms with Crippen molar-refractivity contribution in [1.82, 2.24) is 0 Å². The van der Waals surface area contributed by atoms with E-state index in [0.717, 1.165) is 51.4 Å². The molecule has 2 saturated carbocycles. The quantitative estimate of drug-likeness (QED) is 0.370. The van der Waals surface area contributed by atoms with Crippen molar-refractivity contribution in [3.63, 3.8) is 0 Å². The van der Waals surface area contributed by atoms with Crippen molar-refractivity contribution in [3.05, 3.63) is 18.2 Å². The number of nitrogens with zero attached hydrogens (tertiary/aromatic N) is 1. The van der Waals surface area contributed by atoms with E-state index in [1.165, 1.54) is 6.42 Å². The molecule has 2 aliphatic carbocycles. The van der Waals surface area contributed by atoms with E-state index >= 15 is 0 Å². The van der Waals surface area contributed by atoms with Gasteiger partial charge in [0.05, 0.1) is 0 Å². The van der Waals surface area contributed by atoms with Crippen LogP contribution in [0.3, 0.4) is 0 Å². The lowest BCUT2D eigenvalue weighted by Gasteiger charge is -2.39. The van der Waals surface area contributed by atoms with Crippen LogP contribution in [0.1, 0.15) is 127 Å². The average molecular weight is 554 g/mol. The highest BCUT2D eigenvalue weighted by Gasteiger charge is 2.35. The van der Waals surface area contributed by atoms with Crippen LogP contribution in [-0.2, 0) is 14.4 Å². The van der Waals surface area contributed by atoms with Crippen LogP contribution in [0.2, 0.25) is 0 Å². The predicted molar refractivity (Wildman–Crippen MR) is 166 cm³/mol. The van der Waals surface area contributed by atoms with Gasteiger partial charge in [-0.15, -0.1) is 0 Å². The third-order valence-electron chi connectivity index (χ3n) is 8.59. The van der Waals surface area contributed by atoms with Gasteiger partial charge >= 0.3 is 0 Å². The molecule has 1 aromatic carbocycles. The number of carbonyl (C=O) groups is 3. The Hall–Kier alpha value is -2.37. The molecule has 0 aromatic heterocycles. The number of rotatable bonds is 6. The van der Waals surface area contributed by atoms with Crippen LogP contribution >= 0.6 is 0 Å². The zero-order valence-corrected chi connectivity index (χ0v) is 26.7. The van der Waals surface area contributed by atoms with Gasteiger partial charge in [0.2, 0.25) is 17.7 Å². The number of carbonyl (C=O) groups excluding carboxylic acids is 3. The molecule has 3 amide bonds. The maximum atomic E-state index is 13.9. The number of nitrogens with one attached hydrogen (secondary N) is 2. The van der Waals surface area contributed by atoms with Crippen LogP contribution in [0.5, 0.6) is 0 Å². The van der Waals surface area contributed by atoms with Gasteiger partial charge in [0.1, 0.15) is 0 Å². The Labute approximate surface area is 243 Å². The summed E-state index contributed by atoms with van der Waals surface area (Å²) in [5.41, 5.74) is 1.58. The zero-order chi connectivity index (χ0) is 29.9. The van der Waals surface area contributed by atoms with Gasteiger partial charge in [-0.2, -0.15) is 0 Å². The first-order valence-electron chi connectivity index (χ1n) is 15.5. The van der Waals surface area contributed by atoms with E-state index in [9.17, 15) is 14.4 Å². The van der Waals surface area contributed by atoms with Gasteiger partial charge in [-0.3, -0.25) is 14.4 Å². The first-order valence-corrected chi connectivity index (χ1v) is 15.5. The van der Waals surface area contributed by atoms with Gasteiger partial charge in [0, 0.05) is 40.9 Å². The van der Waals surface area contributed by atoms with Crippen molar-refractivity contribution in [2.24, 2.45) is 28.6 Å². The van der Waals surface area contributed by atoms with Crippen molar-refractivity contribution in [2.45, 2.75) is 132 Å². The molecule has 6 nitrogen and oxygen atoms in total. The van der Waals surface area contributed by atoms with Crippen molar-refractivity contribution >= 4 is 34.8 Å². The fourth-order valence-corrected chi connectivity index (χ4v) is 6.41. The first kappa shape index (κ1) is 32.1. The van der Waals surface area contributed by atoms with Crippen molar-refractivity contribution in [3.8, 4) is 0 Å². The number of benzene rings is 1. The van der Waals surface area contributed by atoms with E-state index in [1.54, 1.807) is 0 Å². The SMILES string of the molecule is CC(C)(C)CC(=O)Nc1cc(NC(=O)C2CCC(C(C)(C)C)CC2)cc(N(C(=O)C2CCCCC2)C(C)(C)C)c1. The largest absolute Gasteiger partial charge is 0.326 e. The second-order valence-corrected chi connectivity index (χ2v) is 15.6. The second-order valence-electron chi connectivity index (χ2n) is 15.6. The smallest absolute Gasteiger partial charge is 0.230 e. The molecule has 0 radical (unpaired) electrons. The lowest BCUT2D eigenvalue weighted by molar-refractivity contribution is -0.124. The van der Waals surface area contributed by atoms with Crippen LogP contribution in [0, 0.1) is 28.6 Å². The maximum Gasteiger partial charge on any atom is 0.230 e. The number of hydrogen-bond donors (Lipinski definition) is 2. The molecule has 3 rings (SSSR count). The zero-order valence-electron chi connectivity index (χ0n) is 26.7. The van der Waals surface area contributed by atoms with Crippen molar-refractivity contribution in [1.29, 1.82) is 0 Å². The van der Waals surface area contributed by atoms with Crippen LogP contribution in [-0.4, -0.2) is 23.3 Å². The summed E-state index contributed by atoms with van der Waals surface area (Å²) < 4.78 is 0. The third-order valence-corrected chi connectivity index (χ3v) is 8.59. The molecule has 2 fully saturated rings. The summed E-state index contributed by atoms with van der Waals surface area (Å²) in [6.07, 6.45) is 9.43. The summed E-state index contributed by atoms with van der Waals surface area (Å²) in [6.45, 7) is 19.1. The molecule has 1 aromatic rings. The van der Waals surface area contributed by atoms with Gasteiger partial charge < -0.3 is 15.5 Å². The summed E-state index contributed by atoms with van der Waals surface area (Å²) in [4.78, 5) is 42.1. The van der Waals surface area contributed by atoms with E-state index in [2.05, 4.69) is 31.4 Å². The predicted octanol–water partition coefficient (Wildman–Crippen LogP) is 8.56. The average Bonchev–Trinajstić information content (AvgIpc) is 2.82. The Bertz CT molecular complexity index is 1040. The van der Waals surface area contributed by atoms with Gasteiger partial charge in [-0.1, -0.05) is 60.8 Å². The van der Waals surface area contributed by atoms with Crippen LogP contribution in [0.15, 0.2) is 18.2 Å². The molecule has 0 atom stereocenters. The monoisotopic (exact) mass is 553 g/mol. The molecule has 6 heteroatoms. The van der Waals surface area contributed by atoms with Gasteiger partial charge in [0.15, 0.2) is 0 Å². The minimum Gasteiger partial charge on any atom is -0.326 e. The van der Waals surface area contributed by atoms with Crippen molar-refractivity contribution < 1.29 is 14.4 Å². The Balaban J connectivity index is 1.91. The molecular formula is C34H55N3O3. The number of anilines is 3. The molecule has 2 N–H and O–H groups in total. The lowest BCUT2D eigenvalue weighted by atomic mass is 9.69. The fraction of sp³-hybridized carbons (Fsp3) is 0.735. The summed E-state index contributed by atoms with van der Waals surface area (Å²) >= 11 is 0. The van der Waals surface area contributed by atoms with Crippen LogP contribution in [0.25, 0.3) is 0 Å². The molecule has 40 heavy (non-hydrogen) atoms. The van der Waals surface area contributed by atoms with Crippen LogP contribution < -0.4 is 15.5 Å². The number of amides is 3. The Morgan fingerprint density at radius 2 is 1.27 bits per heavy atom. The molecule has 0 saturated heterocycles. The lowest BCUT2D eigenvalue weighted by Crippen LogP contribution is -2.49. The molecule has 0 bridgehead atoms. The molecule has 0 spiro atoms. The highest BCUT2D eigenvalue weighted by molar-refractivity contribution is 6.00. The molecule has 224 valence electrons. The minimum absolute atomic E-state index is 0.00292. The fourth-order valence-electron chi connectivity index (χ4n) is 6.41. The minimum atomic E-state index is -0.463. The summed E-state index contributed by atoms with van der Waals surface area (Å²) in [6, 6.07) is 5.62. The van der Waals surface area contributed by atoms with Gasteiger partial charge in [-0.25, -0.2) is 0 Å². The Morgan fingerprint density at radius 3 is 1.77 bits per heavy atom. The van der Waals surface area contributed by atoms with Crippen LogP contribution in [0.4, 0.5) is 17.1 Å². The van der Waals surface area contributed by atoms with Gasteiger partial charge in [0.25, 0.3) is 0 Å². The highest BCUT2D eigenvalue weighted by atomic mass is 16.2. The third kappa shape index (κ3) is 9.07. The van der Waals surface area contributed by atoms with Gasteiger partial charge in [-0.05, 0) is 94.2 Å².